The summed E-state index contributed by atoms with van der Waals surface area (Å²) in [5.41, 5.74) is 6.87. The summed E-state index contributed by atoms with van der Waals surface area (Å²) in [7, 11) is -3.53. The molecule has 1 saturated heterocycles. The molecule has 1 aromatic rings. The SMILES string of the molecule is Cc1ccc(S(=O)(=O)N[C@H](CN)CN2[C@H](C)CCC[C@@H]2C)cc1. The van der Waals surface area contributed by atoms with Crippen LogP contribution in [0, 0.1) is 6.92 Å². The fourth-order valence-electron chi connectivity index (χ4n) is 3.25. The van der Waals surface area contributed by atoms with E-state index >= 15 is 0 Å². The topological polar surface area (TPSA) is 75.4 Å². The molecule has 1 aliphatic rings. The van der Waals surface area contributed by atoms with Gasteiger partial charge in [0.15, 0.2) is 0 Å². The highest BCUT2D eigenvalue weighted by Gasteiger charge is 2.28. The Bertz CT molecular complexity index is 591. The number of hydrogen-bond donors (Lipinski definition) is 2. The van der Waals surface area contributed by atoms with E-state index in [0.29, 0.717) is 30.1 Å². The van der Waals surface area contributed by atoms with Crippen LogP contribution in [0.4, 0.5) is 0 Å². The highest BCUT2D eigenvalue weighted by molar-refractivity contribution is 7.89. The van der Waals surface area contributed by atoms with E-state index in [1.807, 2.05) is 6.92 Å². The molecule has 0 aliphatic carbocycles. The molecule has 0 amide bonds. The van der Waals surface area contributed by atoms with Crippen LogP contribution in [-0.4, -0.2) is 44.5 Å². The molecule has 0 unspecified atom stereocenters. The zero-order valence-corrected chi connectivity index (χ0v) is 15.1. The quantitative estimate of drug-likeness (QED) is 0.829. The monoisotopic (exact) mass is 339 g/mol. The molecule has 1 heterocycles. The third-order valence-corrected chi connectivity index (χ3v) is 6.28. The average Bonchev–Trinajstić information content (AvgIpc) is 2.50. The van der Waals surface area contributed by atoms with Crippen molar-refractivity contribution in [2.75, 3.05) is 13.1 Å². The number of nitrogens with one attached hydrogen (secondary N) is 1. The summed E-state index contributed by atoms with van der Waals surface area (Å²) >= 11 is 0. The zero-order valence-electron chi connectivity index (χ0n) is 14.3. The molecule has 130 valence electrons. The van der Waals surface area contributed by atoms with Gasteiger partial charge >= 0.3 is 0 Å². The van der Waals surface area contributed by atoms with Gasteiger partial charge in [-0.05, 0) is 45.7 Å². The number of aryl methyl sites for hydroxylation is 1. The van der Waals surface area contributed by atoms with Crippen LogP contribution in [0.2, 0.25) is 0 Å². The first kappa shape index (κ1) is 18.4. The Labute approximate surface area is 140 Å². The minimum absolute atomic E-state index is 0.274. The van der Waals surface area contributed by atoms with Crippen LogP contribution in [-0.2, 0) is 10.0 Å². The van der Waals surface area contributed by atoms with Crippen LogP contribution in [0.1, 0.15) is 38.7 Å². The van der Waals surface area contributed by atoms with Gasteiger partial charge in [0.25, 0.3) is 0 Å². The lowest BCUT2D eigenvalue weighted by Gasteiger charge is -2.40. The van der Waals surface area contributed by atoms with Crippen molar-refractivity contribution >= 4 is 10.0 Å². The maximum absolute atomic E-state index is 12.5. The molecule has 0 saturated carbocycles. The summed E-state index contributed by atoms with van der Waals surface area (Å²) in [5, 5.41) is 0. The normalized spacial score (nSPS) is 24.5. The summed E-state index contributed by atoms with van der Waals surface area (Å²) in [6.07, 6.45) is 3.56. The lowest BCUT2D eigenvalue weighted by atomic mass is 9.97. The highest BCUT2D eigenvalue weighted by Crippen LogP contribution is 2.22. The van der Waals surface area contributed by atoms with Crippen molar-refractivity contribution in [2.24, 2.45) is 5.73 Å². The third kappa shape index (κ3) is 4.76. The minimum Gasteiger partial charge on any atom is -0.329 e. The molecular formula is C17H29N3O2S. The van der Waals surface area contributed by atoms with Gasteiger partial charge in [-0.25, -0.2) is 13.1 Å². The summed E-state index contributed by atoms with van der Waals surface area (Å²) in [4.78, 5) is 2.67. The van der Waals surface area contributed by atoms with Gasteiger partial charge in [0.2, 0.25) is 10.0 Å². The minimum atomic E-state index is -3.53. The van der Waals surface area contributed by atoms with E-state index in [1.165, 1.54) is 6.42 Å². The molecule has 1 fully saturated rings. The summed E-state index contributed by atoms with van der Waals surface area (Å²) in [6, 6.07) is 7.55. The molecule has 1 aliphatic heterocycles. The molecule has 3 N–H and O–H groups in total. The van der Waals surface area contributed by atoms with Gasteiger partial charge in [-0.15, -0.1) is 0 Å². The summed E-state index contributed by atoms with van der Waals surface area (Å²) in [6.45, 7) is 7.30. The van der Waals surface area contributed by atoms with Gasteiger partial charge in [-0.2, -0.15) is 0 Å². The Morgan fingerprint density at radius 2 is 1.78 bits per heavy atom. The first-order valence-electron chi connectivity index (χ1n) is 8.38. The van der Waals surface area contributed by atoms with Crippen LogP contribution in [0.3, 0.4) is 0 Å². The van der Waals surface area contributed by atoms with Crippen LogP contribution in [0.15, 0.2) is 29.2 Å². The molecule has 0 radical (unpaired) electrons. The van der Waals surface area contributed by atoms with E-state index in [1.54, 1.807) is 24.3 Å². The number of benzene rings is 1. The van der Waals surface area contributed by atoms with E-state index in [-0.39, 0.29) is 6.04 Å². The Balaban J connectivity index is 2.07. The molecule has 23 heavy (non-hydrogen) atoms. The number of sulfonamides is 1. The predicted molar refractivity (Wildman–Crippen MR) is 93.8 cm³/mol. The molecule has 0 aromatic heterocycles. The van der Waals surface area contributed by atoms with Crippen LogP contribution >= 0.6 is 0 Å². The van der Waals surface area contributed by atoms with Crippen LogP contribution in [0.5, 0.6) is 0 Å². The van der Waals surface area contributed by atoms with Crippen LogP contribution < -0.4 is 10.5 Å². The van der Waals surface area contributed by atoms with E-state index in [0.717, 1.165) is 18.4 Å². The Morgan fingerprint density at radius 3 is 2.30 bits per heavy atom. The van der Waals surface area contributed by atoms with Crippen molar-refractivity contribution in [2.45, 2.75) is 63.1 Å². The summed E-state index contributed by atoms with van der Waals surface area (Å²) in [5.74, 6) is 0. The molecule has 0 spiro atoms. The highest BCUT2D eigenvalue weighted by atomic mass is 32.2. The number of nitrogens with two attached hydrogens (primary N) is 1. The smallest absolute Gasteiger partial charge is 0.240 e. The molecule has 3 atom stereocenters. The Kier molecular flexibility index (Phi) is 6.19. The molecule has 6 heteroatoms. The number of nitrogens with zero attached hydrogens (tertiary/aromatic N) is 1. The van der Waals surface area contributed by atoms with Gasteiger partial charge in [0.05, 0.1) is 4.90 Å². The van der Waals surface area contributed by atoms with Crippen molar-refractivity contribution in [3.05, 3.63) is 29.8 Å². The number of hydrogen-bond acceptors (Lipinski definition) is 4. The average molecular weight is 340 g/mol. The van der Waals surface area contributed by atoms with Crippen molar-refractivity contribution in [1.29, 1.82) is 0 Å². The fourth-order valence-corrected chi connectivity index (χ4v) is 4.49. The largest absolute Gasteiger partial charge is 0.329 e. The number of likely N-dealkylation sites (tertiary alicyclic amines) is 1. The van der Waals surface area contributed by atoms with Gasteiger partial charge < -0.3 is 5.73 Å². The molecule has 0 bridgehead atoms. The lowest BCUT2D eigenvalue weighted by molar-refractivity contribution is 0.0950. The Hall–Kier alpha value is -0.950. The lowest BCUT2D eigenvalue weighted by Crippen LogP contribution is -2.53. The van der Waals surface area contributed by atoms with E-state index in [2.05, 4.69) is 23.5 Å². The van der Waals surface area contributed by atoms with Crippen molar-refractivity contribution in [3.63, 3.8) is 0 Å². The molecule has 2 rings (SSSR count). The molecular weight excluding hydrogens is 310 g/mol. The van der Waals surface area contributed by atoms with Crippen molar-refractivity contribution in [1.82, 2.24) is 9.62 Å². The van der Waals surface area contributed by atoms with Gasteiger partial charge in [-0.3, -0.25) is 4.90 Å². The van der Waals surface area contributed by atoms with E-state index in [9.17, 15) is 8.42 Å². The van der Waals surface area contributed by atoms with E-state index in [4.69, 9.17) is 5.73 Å². The van der Waals surface area contributed by atoms with E-state index < -0.39 is 10.0 Å². The second-order valence-corrected chi connectivity index (χ2v) is 8.41. The van der Waals surface area contributed by atoms with Crippen molar-refractivity contribution < 1.29 is 8.42 Å². The predicted octanol–water partition coefficient (Wildman–Crippen LogP) is 1.86. The second-order valence-electron chi connectivity index (χ2n) is 6.69. The second kappa shape index (κ2) is 7.75. The Morgan fingerprint density at radius 1 is 1.22 bits per heavy atom. The van der Waals surface area contributed by atoms with Crippen LogP contribution in [0.25, 0.3) is 0 Å². The first-order chi connectivity index (χ1) is 10.8. The third-order valence-electron chi connectivity index (χ3n) is 4.74. The first-order valence-corrected chi connectivity index (χ1v) is 9.86. The maximum Gasteiger partial charge on any atom is 0.240 e. The van der Waals surface area contributed by atoms with Gasteiger partial charge in [0.1, 0.15) is 0 Å². The zero-order chi connectivity index (χ0) is 17.0. The maximum atomic E-state index is 12.5. The van der Waals surface area contributed by atoms with Gasteiger partial charge in [-0.1, -0.05) is 24.1 Å². The summed E-state index contributed by atoms with van der Waals surface area (Å²) < 4.78 is 27.8. The number of rotatable bonds is 6. The van der Waals surface area contributed by atoms with Crippen molar-refractivity contribution in [3.8, 4) is 0 Å². The molecule has 5 nitrogen and oxygen atoms in total. The number of piperidine rings is 1. The molecule has 1 aromatic carbocycles. The van der Waals surface area contributed by atoms with Gasteiger partial charge in [0, 0.05) is 31.2 Å². The fraction of sp³-hybridized carbons (Fsp3) is 0.647. The standard InChI is InChI=1S/C17H29N3O2S/c1-13-7-9-17(10-8-13)23(21,22)19-16(11-18)12-20-14(2)5-4-6-15(20)3/h7-10,14-16,19H,4-6,11-12,18H2,1-3H3/t14-,15+,16-/m1/s1.